The molecular weight excluding hydrogens is 321 g/mol. The predicted octanol–water partition coefficient (Wildman–Crippen LogP) is 3.99. The molecule has 0 aliphatic rings. The van der Waals surface area contributed by atoms with Gasteiger partial charge in [0.15, 0.2) is 5.78 Å². The smallest absolute Gasteiger partial charge is 0.185 e. The van der Waals surface area contributed by atoms with Crippen LogP contribution in [-0.4, -0.2) is 39.3 Å². The van der Waals surface area contributed by atoms with Crippen LogP contribution in [0.5, 0.6) is 5.75 Å². The van der Waals surface area contributed by atoms with Gasteiger partial charge in [-0.1, -0.05) is 18.2 Å². The minimum absolute atomic E-state index is 0.0736. The lowest BCUT2D eigenvalue weighted by molar-refractivity contribution is 0.0897. The van der Waals surface area contributed by atoms with Crippen molar-refractivity contribution < 1.29 is 18.7 Å². The average molecular weight is 343 g/mol. The predicted molar refractivity (Wildman–Crippen MR) is 98.1 cm³/mol. The molecule has 25 heavy (non-hydrogen) atoms. The van der Waals surface area contributed by atoms with E-state index < -0.39 is 6.67 Å². The van der Waals surface area contributed by atoms with Crippen LogP contribution in [0, 0.1) is 0 Å². The molecule has 2 aromatic rings. The second kappa shape index (κ2) is 10.3. The molecule has 0 aliphatic carbocycles. The maximum atomic E-state index is 12.2. The summed E-state index contributed by atoms with van der Waals surface area (Å²) in [7, 11) is 1.86. The van der Waals surface area contributed by atoms with Gasteiger partial charge in [-0.2, -0.15) is 0 Å². The summed E-state index contributed by atoms with van der Waals surface area (Å²) >= 11 is 0. The molecule has 0 aliphatic heterocycles. The monoisotopic (exact) mass is 343 g/mol. The van der Waals surface area contributed by atoms with Crippen molar-refractivity contribution in [1.82, 2.24) is 0 Å². The third-order valence-electron chi connectivity index (χ3n) is 3.48. The molecule has 0 saturated heterocycles. The number of ketones is 1. The number of allylic oxidation sites excluding steroid dienone is 1. The zero-order chi connectivity index (χ0) is 17.9. The lowest BCUT2D eigenvalue weighted by atomic mass is 10.1. The highest BCUT2D eigenvalue weighted by molar-refractivity contribution is 6.06. The van der Waals surface area contributed by atoms with Crippen LogP contribution >= 0.6 is 0 Å². The highest BCUT2D eigenvalue weighted by atomic mass is 19.1. The lowest BCUT2D eigenvalue weighted by Gasteiger charge is -2.06. The molecule has 0 spiro atoms. The van der Waals surface area contributed by atoms with Crippen LogP contribution in [0.1, 0.15) is 15.9 Å². The van der Waals surface area contributed by atoms with E-state index in [4.69, 9.17) is 9.47 Å². The van der Waals surface area contributed by atoms with E-state index >= 15 is 0 Å². The van der Waals surface area contributed by atoms with Crippen molar-refractivity contribution in [2.24, 2.45) is 0 Å². The van der Waals surface area contributed by atoms with Crippen LogP contribution in [0.2, 0.25) is 0 Å². The van der Waals surface area contributed by atoms with E-state index in [1.807, 2.05) is 31.3 Å². The molecule has 0 fully saturated rings. The Morgan fingerprint density at radius 2 is 1.76 bits per heavy atom. The molecule has 0 amide bonds. The Morgan fingerprint density at radius 3 is 2.40 bits per heavy atom. The second-order valence-electron chi connectivity index (χ2n) is 5.24. The van der Waals surface area contributed by atoms with E-state index in [2.05, 4.69) is 5.32 Å². The minimum Gasteiger partial charge on any atom is -0.491 e. The molecule has 0 atom stereocenters. The summed E-state index contributed by atoms with van der Waals surface area (Å²) in [5.74, 6) is 0.572. The molecule has 132 valence electrons. The number of nitrogens with one attached hydrogen (secondary N) is 1. The third kappa shape index (κ3) is 6.39. The summed E-state index contributed by atoms with van der Waals surface area (Å²) in [5.41, 5.74) is 2.57. The number of alkyl halides is 1. The van der Waals surface area contributed by atoms with Crippen LogP contribution in [0.4, 0.5) is 10.1 Å². The summed E-state index contributed by atoms with van der Waals surface area (Å²) in [6, 6.07) is 14.7. The maximum absolute atomic E-state index is 12.2. The van der Waals surface area contributed by atoms with Gasteiger partial charge in [-0.15, -0.1) is 0 Å². The first kappa shape index (κ1) is 18.7. The van der Waals surface area contributed by atoms with Gasteiger partial charge >= 0.3 is 0 Å². The number of ether oxygens (including phenoxy) is 2. The van der Waals surface area contributed by atoms with Crippen LogP contribution in [-0.2, 0) is 4.74 Å². The minimum atomic E-state index is -0.496. The van der Waals surface area contributed by atoms with Gasteiger partial charge < -0.3 is 14.8 Å². The fourth-order valence-electron chi connectivity index (χ4n) is 2.12. The third-order valence-corrected chi connectivity index (χ3v) is 3.48. The van der Waals surface area contributed by atoms with E-state index in [0.29, 0.717) is 24.5 Å². The summed E-state index contributed by atoms with van der Waals surface area (Å²) < 4.78 is 22.3. The van der Waals surface area contributed by atoms with E-state index in [1.54, 1.807) is 36.4 Å². The number of carbonyl (C=O) groups excluding carboxylic acids is 1. The molecule has 0 heterocycles. The van der Waals surface area contributed by atoms with E-state index in [1.165, 1.54) is 0 Å². The van der Waals surface area contributed by atoms with Gasteiger partial charge in [0.2, 0.25) is 0 Å². The quantitative estimate of drug-likeness (QED) is 0.403. The number of anilines is 1. The summed E-state index contributed by atoms with van der Waals surface area (Å²) in [6.45, 7) is 0.264. The van der Waals surface area contributed by atoms with Gasteiger partial charge in [0.1, 0.15) is 19.0 Å². The van der Waals surface area contributed by atoms with Crippen LogP contribution in [0.15, 0.2) is 54.6 Å². The van der Waals surface area contributed by atoms with Crippen molar-refractivity contribution in [3.8, 4) is 5.75 Å². The Kier molecular flexibility index (Phi) is 7.66. The van der Waals surface area contributed by atoms with Crippen molar-refractivity contribution in [2.75, 3.05) is 38.9 Å². The maximum Gasteiger partial charge on any atom is 0.185 e. The van der Waals surface area contributed by atoms with Crippen LogP contribution in [0.25, 0.3) is 6.08 Å². The average Bonchev–Trinajstić information content (AvgIpc) is 2.67. The number of hydrogen-bond donors (Lipinski definition) is 1. The zero-order valence-corrected chi connectivity index (χ0v) is 14.2. The van der Waals surface area contributed by atoms with Gasteiger partial charge in [0.25, 0.3) is 0 Å². The molecule has 0 radical (unpaired) electrons. The van der Waals surface area contributed by atoms with Crippen molar-refractivity contribution in [3.63, 3.8) is 0 Å². The largest absolute Gasteiger partial charge is 0.491 e. The zero-order valence-electron chi connectivity index (χ0n) is 14.2. The normalized spacial score (nSPS) is 10.8. The molecule has 5 heteroatoms. The van der Waals surface area contributed by atoms with Crippen molar-refractivity contribution in [2.45, 2.75) is 0 Å². The molecule has 2 rings (SSSR count). The van der Waals surface area contributed by atoms with Crippen molar-refractivity contribution in [1.29, 1.82) is 0 Å². The van der Waals surface area contributed by atoms with Crippen molar-refractivity contribution >= 4 is 17.5 Å². The fraction of sp³-hybridized carbons (Fsp3) is 0.250. The SMILES string of the molecule is CNc1ccc(C=CC(=O)c2ccc(OCCOCCF)cc2)cc1. The number of benzene rings is 2. The van der Waals surface area contributed by atoms with Crippen LogP contribution in [0.3, 0.4) is 0 Å². The molecule has 0 unspecified atom stereocenters. The van der Waals surface area contributed by atoms with Gasteiger partial charge in [0, 0.05) is 18.3 Å². The Balaban J connectivity index is 1.85. The van der Waals surface area contributed by atoms with Gasteiger partial charge in [-0.25, -0.2) is 4.39 Å². The molecule has 0 bridgehead atoms. The molecule has 2 aromatic carbocycles. The summed E-state index contributed by atoms with van der Waals surface area (Å²) in [5, 5.41) is 3.05. The fourth-order valence-corrected chi connectivity index (χ4v) is 2.12. The Bertz CT molecular complexity index is 681. The van der Waals surface area contributed by atoms with E-state index in [9.17, 15) is 9.18 Å². The molecule has 0 aromatic heterocycles. The standard InChI is InChI=1S/C20H22FNO3/c1-22-18-7-2-16(3-8-18)4-11-20(23)17-5-9-19(10-6-17)25-15-14-24-13-12-21/h2-11,22H,12-15H2,1H3. The Labute approximate surface area is 147 Å². The van der Waals surface area contributed by atoms with Gasteiger partial charge in [0.05, 0.1) is 13.2 Å². The highest BCUT2D eigenvalue weighted by Gasteiger charge is 2.02. The van der Waals surface area contributed by atoms with Gasteiger partial charge in [-0.3, -0.25) is 4.79 Å². The lowest BCUT2D eigenvalue weighted by Crippen LogP contribution is -2.08. The van der Waals surface area contributed by atoms with E-state index in [-0.39, 0.29) is 12.4 Å². The van der Waals surface area contributed by atoms with Crippen LogP contribution < -0.4 is 10.1 Å². The first-order valence-electron chi connectivity index (χ1n) is 8.09. The van der Waals surface area contributed by atoms with Crippen molar-refractivity contribution in [3.05, 3.63) is 65.7 Å². The molecule has 4 nitrogen and oxygen atoms in total. The number of rotatable bonds is 10. The van der Waals surface area contributed by atoms with E-state index in [0.717, 1.165) is 11.3 Å². The first-order valence-corrected chi connectivity index (χ1v) is 8.09. The molecule has 0 saturated carbocycles. The number of carbonyl (C=O) groups is 1. The second-order valence-corrected chi connectivity index (χ2v) is 5.24. The topological polar surface area (TPSA) is 47.6 Å². The Hall–Kier alpha value is -2.66. The van der Waals surface area contributed by atoms with Gasteiger partial charge in [-0.05, 0) is 48.0 Å². The summed E-state index contributed by atoms with van der Waals surface area (Å²) in [4.78, 5) is 12.2. The molecular formula is C20H22FNO3. The highest BCUT2D eigenvalue weighted by Crippen LogP contribution is 2.14. The Morgan fingerprint density at radius 1 is 1.04 bits per heavy atom. The first-order chi connectivity index (χ1) is 12.2. The molecule has 1 N–H and O–H groups in total. The number of hydrogen-bond acceptors (Lipinski definition) is 4. The number of halogens is 1. The summed E-state index contributed by atoms with van der Waals surface area (Å²) in [6.07, 6.45) is 3.34.